The molecule has 3 nitrogen and oxygen atoms in total. The van der Waals surface area contributed by atoms with Crippen molar-refractivity contribution in [2.75, 3.05) is 12.3 Å². The molecular formula is C17H29NO2. The third kappa shape index (κ3) is 7.39. The zero-order valence-corrected chi connectivity index (χ0v) is 12.5. The fourth-order valence-corrected chi connectivity index (χ4v) is 2.44. The molecule has 0 fully saturated rings. The number of benzene rings is 1. The van der Waals surface area contributed by atoms with E-state index in [-0.39, 0.29) is 5.75 Å². The number of phenolic OH excluding ortho intramolecular Hbond substituents is 1. The van der Waals surface area contributed by atoms with Crippen LogP contribution >= 0.6 is 0 Å². The average Bonchev–Trinajstić information content (AvgIpc) is 2.45. The maximum atomic E-state index is 9.35. The van der Waals surface area contributed by atoms with Crippen molar-refractivity contribution < 1.29 is 10.2 Å². The first kappa shape index (κ1) is 16.8. The van der Waals surface area contributed by atoms with Gasteiger partial charge in [-0.15, -0.1) is 0 Å². The van der Waals surface area contributed by atoms with E-state index in [1.54, 1.807) is 6.07 Å². The molecule has 0 saturated heterocycles. The maximum Gasteiger partial charge on any atom is 0.138 e. The highest BCUT2D eigenvalue weighted by Gasteiger charge is 1.99. The minimum Gasteiger partial charge on any atom is -0.506 e. The van der Waals surface area contributed by atoms with Crippen molar-refractivity contribution in [1.82, 2.24) is 0 Å². The number of hydrogen-bond acceptors (Lipinski definition) is 3. The number of unbranched alkanes of at least 4 members (excludes halogenated alkanes) is 8. The van der Waals surface area contributed by atoms with Crippen LogP contribution in [0.4, 0.5) is 5.69 Å². The zero-order valence-electron chi connectivity index (χ0n) is 12.5. The number of aromatic hydroxyl groups is 1. The Hall–Kier alpha value is -1.22. The molecule has 1 aromatic carbocycles. The molecule has 0 bridgehead atoms. The van der Waals surface area contributed by atoms with E-state index in [2.05, 4.69) is 0 Å². The molecule has 0 aromatic heterocycles. The number of aliphatic hydroxyl groups is 1. The van der Waals surface area contributed by atoms with Crippen molar-refractivity contribution in [3.8, 4) is 5.75 Å². The van der Waals surface area contributed by atoms with Crippen molar-refractivity contribution in [2.45, 2.75) is 64.2 Å². The summed E-state index contributed by atoms with van der Waals surface area (Å²) in [4.78, 5) is 0. The minimum absolute atomic E-state index is 0.176. The predicted molar refractivity (Wildman–Crippen MR) is 84.9 cm³/mol. The quantitative estimate of drug-likeness (QED) is 0.325. The molecule has 0 radical (unpaired) electrons. The van der Waals surface area contributed by atoms with Gasteiger partial charge in [0.1, 0.15) is 5.75 Å². The average molecular weight is 279 g/mol. The highest BCUT2D eigenvalue weighted by Crippen LogP contribution is 2.21. The Bertz CT molecular complexity index is 366. The van der Waals surface area contributed by atoms with Gasteiger partial charge in [0.15, 0.2) is 0 Å². The van der Waals surface area contributed by atoms with Crippen molar-refractivity contribution in [1.29, 1.82) is 0 Å². The second-order valence-corrected chi connectivity index (χ2v) is 5.55. The van der Waals surface area contributed by atoms with E-state index in [0.717, 1.165) is 12.8 Å². The number of hydrogen-bond donors (Lipinski definition) is 3. The van der Waals surface area contributed by atoms with Gasteiger partial charge in [-0.3, -0.25) is 0 Å². The highest BCUT2D eigenvalue weighted by atomic mass is 16.3. The summed E-state index contributed by atoms with van der Waals surface area (Å²) < 4.78 is 0. The van der Waals surface area contributed by atoms with Crippen molar-refractivity contribution in [3.05, 3.63) is 23.8 Å². The SMILES string of the molecule is Nc1cc(CCCCCCCCCCCO)ccc1O. The second-order valence-electron chi connectivity index (χ2n) is 5.55. The van der Waals surface area contributed by atoms with E-state index in [4.69, 9.17) is 10.8 Å². The fraction of sp³-hybridized carbons (Fsp3) is 0.647. The molecule has 0 atom stereocenters. The van der Waals surface area contributed by atoms with Gasteiger partial charge in [0.2, 0.25) is 0 Å². The number of nitrogens with two attached hydrogens (primary N) is 1. The topological polar surface area (TPSA) is 66.5 Å². The van der Waals surface area contributed by atoms with Gasteiger partial charge in [0.05, 0.1) is 5.69 Å². The van der Waals surface area contributed by atoms with Crippen LogP contribution in [0.15, 0.2) is 18.2 Å². The van der Waals surface area contributed by atoms with Crippen LogP contribution in [0.1, 0.15) is 63.4 Å². The Balaban J connectivity index is 1.95. The van der Waals surface area contributed by atoms with Crippen LogP contribution in [0.5, 0.6) is 5.75 Å². The van der Waals surface area contributed by atoms with E-state index in [1.165, 1.54) is 56.9 Å². The van der Waals surface area contributed by atoms with Gasteiger partial charge >= 0.3 is 0 Å². The van der Waals surface area contributed by atoms with E-state index >= 15 is 0 Å². The van der Waals surface area contributed by atoms with Crippen LogP contribution in [0, 0.1) is 0 Å². The standard InChI is InChI=1S/C17H29NO2/c18-16-14-15(11-12-17(16)20)10-8-6-4-2-1-3-5-7-9-13-19/h11-12,14,19-20H,1-10,13,18H2. The largest absolute Gasteiger partial charge is 0.506 e. The Labute approximate surface area is 122 Å². The van der Waals surface area contributed by atoms with Gasteiger partial charge in [0.25, 0.3) is 0 Å². The van der Waals surface area contributed by atoms with Crippen LogP contribution in [-0.4, -0.2) is 16.8 Å². The second kappa shape index (κ2) is 10.6. The van der Waals surface area contributed by atoms with Crippen molar-refractivity contribution >= 4 is 5.69 Å². The molecule has 1 rings (SSSR count). The van der Waals surface area contributed by atoms with Gasteiger partial charge in [0, 0.05) is 6.61 Å². The monoisotopic (exact) mass is 279 g/mol. The van der Waals surface area contributed by atoms with Gasteiger partial charge in [-0.05, 0) is 37.0 Å². The summed E-state index contributed by atoms with van der Waals surface area (Å²) in [6.45, 7) is 0.335. The van der Waals surface area contributed by atoms with Crippen LogP contribution in [0.2, 0.25) is 0 Å². The van der Waals surface area contributed by atoms with Gasteiger partial charge in [-0.1, -0.05) is 51.0 Å². The fourth-order valence-electron chi connectivity index (χ4n) is 2.44. The maximum absolute atomic E-state index is 9.35. The Morgan fingerprint density at radius 2 is 1.35 bits per heavy atom. The molecule has 0 amide bonds. The summed E-state index contributed by atoms with van der Waals surface area (Å²) in [6, 6.07) is 5.50. The summed E-state index contributed by atoms with van der Waals surface area (Å²) in [5.41, 5.74) is 7.36. The third-order valence-corrected chi connectivity index (χ3v) is 3.72. The van der Waals surface area contributed by atoms with E-state index in [9.17, 15) is 5.11 Å². The number of anilines is 1. The Kier molecular flexibility index (Phi) is 8.88. The molecule has 20 heavy (non-hydrogen) atoms. The number of aryl methyl sites for hydroxylation is 1. The molecule has 0 unspecified atom stereocenters. The summed E-state index contributed by atoms with van der Waals surface area (Å²) in [7, 11) is 0. The predicted octanol–water partition coefficient (Wildman–Crippen LogP) is 4.02. The van der Waals surface area contributed by atoms with Crippen LogP contribution in [0.25, 0.3) is 0 Å². The number of nitrogen functional groups attached to an aromatic ring is 1. The normalized spacial score (nSPS) is 10.8. The number of aliphatic hydroxyl groups excluding tert-OH is 1. The number of rotatable bonds is 11. The molecular weight excluding hydrogens is 250 g/mol. The minimum atomic E-state index is 0.176. The lowest BCUT2D eigenvalue weighted by Crippen LogP contribution is -1.91. The van der Waals surface area contributed by atoms with E-state index in [1.807, 2.05) is 12.1 Å². The summed E-state index contributed by atoms with van der Waals surface area (Å²) in [5.74, 6) is 0.176. The zero-order chi connectivity index (χ0) is 14.6. The highest BCUT2D eigenvalue weighted by molar-refractivity contribution is 5.53. The lowest BCUT2D eigenvalue weighted by atomic mass is 10.0. The molecule has 0 saturated carbocycles. The van der Waals surface area contributed by atoms with Gasteiger partial charge in [-0.2, -0.15) is 0 Å². The Morgan fingerprint density at radius 3 is 1.90 bits per heavy atom. The number of phenols is 1. The van der Waals surface area contributed by atoms with Crippen molar-refractivity contribution in [3.63, 3.8) is 0 Å². The summed E-state index contributed by atoms with van der Waals surface area (Å²) in [6.07, 6.45) is 12.1. The molecule has 0 spiro atoms. The van der Waals surface area contributed by atoms with Gasteiger partial charge in [-0.25, -0.2) is 0 Å². The van der Waals surface area contributed by atoms with Crippen molar-refractivity contribution in [2.24, 2.45) is 0 Å². The molecule has 1 aromatic rings. The summed E-state index contributed by atoms with van der Waals surface area (Å²) in [5, 5.41) is 18.0. The van der Waals surface area contributed by atoms with Gasteiger partial charge < -0.3 is 15.9 Å². The molecule has 0 aliphatic heterocycles. The first-order valence-corrected chi connectivity index (χ1v) is 7.92. The molecule has 0 aliphatic rings. The molecule has 3 heteroatoms. The molecule has 0 aliphatic carbocycles. The van der Waals surface area contributed by atoms with E-state index in [0.29, 0.717) is 12.3 Å². The lowest BCUT2D eigenvalue weighted by molar-refractivity contribution is 0.282. The van der Waals surface area contributed by atoms with Crippen LogP contribution < -0.4 is 5.73 Å². The Morgan fingerprint density at radius 1 is 0.800 bits per heavy atom. The first-order valence-electron chi connectivity index (χ1n) is 7.92. The lowest BCUT2D eigenvalue weighted by Gasteiger charge is -2.05. The smallest absolute Gasteiger partial charge is 0.138 e. The molecule has 4 N–H and O–H groups in total. The van der Waals surface area contributed by atoms with Crippen LogP contribution in [0.3, 0.4) is 0 Å². The first-order chi connectivity index (χ1) is 9.74. The van der Waals surface area contributed by atoms with Crippen LogP contribution in [-0.2, 0) is 6.42 Å². The third-order valence-electron chi connectivity index (χ3n) is 3.72. The molecule has 0 heterocycles. The molecule has 114 valence electrons. The summed E-state index contributed by atoms with van der Waals surface area (Å²) >= 11 is 0. The van der Waals surface area contributed by atoms with E-state index < -0.39 is 0 Å².